The fraction of sp³-hybridized carbons (Fsp3) is 0.333. The highest BCUT2D eigenvalue weighted by atomic mass is 16.1. The van der Waals surface area contributed by atoms with Crippen molar-refractivity contribution in [1.29, 1.82) is 0 Å². The summed E-state index contributed by atoms with van der Waals surface area (Å²) < 4.78 is 2.10. The predicted octanol–water partition coefficient (Wildman–Crippen LogP) is 2.30. The number of para-hydroxylation sites is 1. The zero-order valence-electron chi connectivity index (χ0n) is 11.4. The van der Waals surface area contributed by atoms with Crippen molar-refractivity contribution in [3.63, 3.8) is 0 Å². The van der Waals surface area contributed by atoms with Crippen molar-refractivity contribution >= 4 is 5.91 Å². The summed E-state index contributed by atoms with van der Waals surface area (Å²) in [5, 5.41) is 0. The highest BCUT2D eigenvalue weighted by molar-refractivity contribution is 5.73. The average Bonchev–Trinajstić information content (AvgIpc) is 2.77. The van der Waals surface area contributed by atoms with E-state index in [9.17, 15) is 4.79 Å². The van der Waals surface area contributed by atoms with Gasteiger partial charge >= 0.3 is 0 Å². The molecular formula is C15H19N3O. The second-order valence-electron chi connectivity index (χ2n) is 4.77. The third kappa shape index (κ3) is 3.02. The van der Waals surface area contributed by atoms with Gasteiger partial charge in [-0.05, 0) is 31.4 Å². The van der Waals surface area contributed by atoms with Crippen molar-refractivity contribution in [2.45, 2.75) is 33.1 Å². The van der Waals surface area contributed by atoms with Gasteiger partial charge in [0, 0.05) is 25.2 Å². The lowest BCUT2D eigenvalue weighted by atomic mass is 10.1. The van der Waals surface area contributed by atoms with Crippen LogP contribution >= 0.6 is 0 Å². The molecule has 0 spiro atoms. The van der Waals surface area contributed by atoms with E-state index < -0.39 is 0 Å². The molecule has 1 aromatic heterocycles. The largest absolute Gasteiger partial charge is 0.370 e. The van der Waals surface area contributed by atoms with Gasteiger partial charge in [0.05, 0.1) is 5.69 Å². The molecule has 4 heteroatoms. The van der Waals surface area contributed by atoms with E-state index in [1.165, 1.54) is 16.8 Å². The maximum absolute atomic E-state index is 10.8. The summed E-state index contributed by atoms with van der Waals surface area (Å²) in [5.74, 6) is 0.712. The molecule has 4 nitrogen and oxygen atoms in total. The Balaban J connectivity index is 2.26. The van der Waals surface area contributed by atoms with Crippen LogP contribution in [0.25, 0.3) is 5.69 Å². The summed E-state index contributed by atoms with van der Waals surface area (Å²) in [7, 11) is 0. The summed E-state index contributed by atoms with van der Waals surface area (Å²) in [5.41, 5.74) is 8.77. The third-order valence-corrected chi connectivity index (χ3v) is 3.22. The molecule has 0 saturated heterocycles. The molecule has 2 aromatic rings. The molecule has 0 radical (unpaired) electrons. The molecule has 100 valence electrons. The molecule has 0 fully saturated rings. The highest BCUT2D eigenvalue weighted by Crippen LogP contribution is 2.20. The second kappa shape index (κ2) is 5.69. The fourth-order valence-corrected chi connectivity index (χ4v) is 2.33. The number of aromatic nitrogens is 2. The number of benzene rings is 1. The minimum atomic E-state index is -0.259. The number of primary amides is 1. The predicted molar refractivity (Wildman–Crippen MR) is 75.2 cm³/mol. The van der Waals surface area contributed by atoms with Crippen LogP contribution in [0.15, 0.2) is 30.6 Å². The summed E-state index contributed by atoms with van der Waals surface area (Å²) in [4.78, 5) is 15.2. The highest BCUT2D eigenvalue weighted by Gasteiger charge is 2.09. The smallest absolute Gasteiger partial charge is 0.217 e. The minimum Gasteiger partial charge on any atom is -0.370 e. The number of carbonyl (C=O) groups is 1. The number of imidazole rings is 1. The number of carbonyl (C=O) groups excluding carboxylic acids is 1. The first-order chi connectivity index (χ1) is 9.09. The molecular weight excluding hydrogens is 238 g/mol. The fourth-order valence-electron chi connectivity index (χ4n) is 2.33. The van der Waals surface area contributed by atoms with Gasteiger partial charge in [0.15, 0.2) is 0 Å². The zero-order chi connectivity index (χ0) is 13.8. The van der Waals surface area contributed by atoms with E-state index in [4.69, 9.17) is 5.73 Å². The van der Waals surface area contributed by atoms with Crippen LogP contribution in [0.3, 0.4) is 0 Å². The Bertz CT molecular complexity index is 567. The van der Waals surface area contributed by atoms with Crippen LogP contribution < -0.4 is 5.73 Å². The molecule has 0 unspecified atom stereocenters. The van der Waals surface area contributed by atoms with Crippen LogP contribution in [0, 0.1) is 13.8 Å². The van der Waals surface area contributed by atoms with Gasteiger partial charge in [-0.3, -0.25) is 4.79 Å². The van der Waals surface area contributed by atoms with E-state index in [0.717, 1.165) is 18.7 Å². The monoisotopic (exact) mass is 257 g/mol. The molecule has 0 bridgehead atoms. The van der Waals surface area contributed by atoms with E-state index in [0.29, 0.717) is 6.42 Å². The Hall–Kier alpha value is -2.10. The van der Waals surface area contributed by atoms with E-state index in [1.807, 2.05) is 6.20 Å². The van der Waals surface area contributed by atoms with Gasteiger partial charge in [0.25, 0.3) is 0 Å². The summed E-state index contributed by atoms with van der Waals surface area (Å²) in [6.07, 6.45) is 5.65. The Morgan fingerprint density at radius 2 is 2.00 bits per heavy atom. The summed E-state index contributed by atoms with van der Waals surface area (Å²) in [6, 6.07) is 6.24. The number of hydrogen-bond donors (Lipinski definition) is 1. The van der Waals surface area contributed by atoms with Crippen LogP contribution in [-0.2, 0) is 11.2 Å². The first-order valence-electron chi connectivity index (χ1n) is 6.46. The number of amides is 1. The van der Waals surface area contributed by atoms with Crippen molar-refractivity contribution in [3.8, 4) is 5.69 Å². The third-order valence-electron chi connectivity index (χ3n) is 3.22. The molecule has 2 rings (SSSR count). The SMILES string of the molecule is Cc1cccc(C)c1-n1ccnc1CCCC(N)=O. The first kappa shape index (κ1) is 13.3. The van der Waals surface area contributed by atoms with Crippen LogP contribution in [0.5, 0.6) is 0 Å². The van der Waals surface area contributed by atoms with E-state index in [2.05, 4.69) is 41.6 Å². The molecule has 2 N–H and O–H groups in total. The average molecular weight is 257 g/mol. The number of nitrogens with zero attached hydrogens (tertiary/aromatic N) is 2. The molecule has 0 atom stereocenters. The van der Waals surface area contributed by atoms with Gasteiger partial charge in [-0.15, -0.1) is 0 Å². The molecule has 1 aromatic carbocycles. The van der Waals surface area contributed by atoms with Crippen molar-refractivity contribution in [3.05, 3.63) is 47.5 Å². The quantitative estimate of drug-likeness (QED) is 0.893. The van der Waals surface area contributed by atoms with Gasteiger partial charge in [0.1, 0.15) is 5.82 Å². The van der Waals surface area contributed by atoms with Gasteiger partial charge in [-0.25, -0.2) is 4.98 Å². The Morgan fingerprint density at radius 3 is 2.63 bits per heavy atom. The molecule has 0 aliphatic rings. The lowest BCUT2D eigenvalue weighted by Gasteiger charge is -2.13. The molecule has 0 aliphatic heterocycles. The minimum absolute atomic E-state index is 0.259. The lowest BCUT2D eigenvalue weighted by Crippen LogP contribution is -2.11. The van der Waals surface area contributed by atoms with Crippen molar-refractivity contribution in [1.82, 2.24) is 9.55 Å². The number of nitrogens with two attached hydrogens (primary N) is 1. The van der Waals surface area contributed by atoms with Gasteiger partial charge < -0.3 is 10.3 Å². The maximum Gasteiger partial charge on any atom is 0.217 e. The number of aryl methyl sites for hydroxylation is 3. The number of hydrogen-bond acceptors (Lipinski definition) is 2. The van der Waals surface area contributed by atoms with Gasteiger partial charge in [0.2, 0.25) is 5.91 Å². The van der Waals surface area contributed by atoms with Crippen molar-refractivity contribution in [2.24, 2.45) is 5.73 Å². The lowest BCUT2D eigenvalue weighted by molar-refractivity contribution is -0.118. The van der Waals surface area contributed by atoms with Crippen molar-refractivity contribution < 1.29 is 4.79 Å². The molecule has 1 amide bonds. The zero-order valence-corrected chi connectivity index (χ0v) is 11.4. The van der Waals surface area contributed by atoms with Gasteiger partial charge in [-0.2, -0.15) is 0 Å². The first-order valence-corrected chi connectivity index (χ1v) is 6.46. The van der Waals surface area contributed by atoms with Crippen LogP contribution in [0.1, 0.15) is 29.8 Å². The Kier molecular flexibility index (Phi) is 4.00. The Morgan fingerprint density at radius 1 is 1.32 bits per heavy atom. The molecule has 19 heavy (non-hydrogen) atoms. The maximum atomic E-state index is 10.8. The molecule has 1 heterocycles. The summed E-state index contributed by atoms with van der Waals surface area (Å²) in [6.45, 7) is 4.19. The van der Waals surface area contributed by atoms with Gasteiger partial charge in [-0.1, -0.05) is 18.2 Å². The number of rotatable bonds is 5. The Labute approximate surface area is 113 Å². The topological polar surface area (TPSA) is 60.9 Å². The van der Waals surface area contributed by atoms with E-state index in [1.54, 1.807) is 6.20 Å². The van der Waals surface area contributed by atoms with E-state index in [-0.39, 0.29) is 5.91 Å². The molecule has 0 aliphatic carbocycles. The normalized spacial score (nSPS) is 10.6. The van der Waals surface area contributed by atoms with Crippen LogP contribution in [-0.4, -0.2) is 15.5 Å². The van der Waals surface area contributed by atoms with Crippen molar-refractivity contribution in [2.75, 3.05) is 0 Å². The van der Waals surface area contributed by atoms with Crippen LogP contribution in [0.2, 0.25) is 0 Å². The second-order valence-corrected chi connectivity index (χ2v) is 4.77. The van der Waals surface area contributed by atoms with E-state index >= 15 is 0 Å². The standard InChI is InChI=1S/C15H19N3O/c1-11-5-3-6-12(2)15(11)18-10-9-17-14(18)8-4-7-13(16)19/h3,5-6,9-10H,4,7-8H2,1-2H3,(H2,16,19). The summed E-state index contributed by atoms with van der Waals surface area (Å²) >= 11 is 0. The van der Waals surface area contributed by atoms with Crippen LogP contribution in [0.4, 0.5) is 0 Å². The molecule has 0 saturated carbocycles.